The van der Waals surface area contributed by atoms with Crippen molar-refractivity contribution < 1.29 is 27.4 Å². The molecule has 28 heavy (non-hydrogen) atoms. The van der Waals surface area contributed by atoms with E-state index >= 15 is 0 Å². The van der Waals surface area contributed by atoms with E-state index in [9.17, 15) is 18.0 Å². The minimum atomic E-state index is -4.99. The van der Waals surface area contributed by atoms with Crippen LogP contribution in [-0.4, -0.2) is 30.0 Å². The summed E-state index contributed by atoms with van der Waals surface area (Å²) in [4.78, 5) is 11.3. The first kappa shape index (κ1) is 21.0. The fourth-order valence-corrected chi connectivity index (χ4v) is 4.16. The van der Waals surface area contributed by atoms with Crippen molar-refractivity contribution in [1.82, 2.24) is 5.32 Å². The van der Waals surface area contributed by atoms with Crippen LogP contribution in [0.1, 0.15) is 63.9 Å². The van der Waals surface area contributed by atoms with E-state index in [0.29, 0.717) is 25.0 Å². The Morgan fingerprint density at radius 3 is 2.64 bits per heavy atom. The van der Waals surface area contributed by atoms with Crippen LogP contribution in [0.3, 0.4) is 0 Å². The molecule has 0 spiro atoms. The average molecular weight is 399 g/mol. The second-order valence-electron chi connectivity index (χ2n) is 7.90. The summed E-state index contributed by atoms with van der Waals surface area (Å²) in [5.74, 6) is -1.45. The van der Waals surface area contributed by atoms with Crippen LogP contribution in [0.15, 0.2) is 24.3 Å². The fourth-order valence-electron chi connectivity index (χ4n) is 4.16. The Morgan fingerprint density at radius 2 is 1.96 bits per heavy atom. The molecule has 7 heteroatoms. The van der Waals surface area contributed by atoms with Gasteiger partial charge in [-0.3, -0.25) is 5.32 Å². The third kappa shape index (κ3) is 5.40. The van der Waals surface area contributed by atoms with Gasteiger partial charge in [0.2, 0.25) is 0 Å². The van der Waals surface area contributed by atoms with Gasteiger partial charge < -0.3 is 9.47 Å². The number of halogens is 3. The highest BCUT2D eigenvalue weighted by atomic mass is 19.4. The molecule has 2 aliphatic heterocycles. The first-order chi connectivity index (χ1) is 13.3. The van der Waals surface area contributed by atoms with Crippen LogP contribution < -0.4 is 10.1 Å². The molecule has 2 fully saturated rings. The molecule has 4 nitrogen and oxygen atoms in total. The number of carbonyl (C=O) groups is 1. The zero-order valence-electron chi connectivity index (χ0n) is 16.2. The van der Waals surface area contributed by atoms with E-state index in [0.717, 1.165) is 12.8 Å². The maximum absolute atomic E-state index is 12.6. The van der Waals surface area contributed by atoms with Crippen LogP contribution in [0.25, 0.3) is 0 Å². The van der Waals surface area contributed by atoms with Crippen molar-refractivity contribution >= 4 is 5.97 Å². The lowest BCUT2D eigenvalue weighted by molar-refractivity contribution is -0.219. The molecule has 0 aromatic heterocycles. The average Bonchev–Trinajstić information content (AvgIpc) is 2.93. The van der Waals surface area contributed by atoms with Crippen molar-refractivity contribution in [3.63, 3.8) is 0 Å². The SMILES string of the molecule is CCCCCCc1ccc(O[C@@H]2C[C@@H]3CC[C@@](OC(=O)C(F)(F)F)(C2)N3)cc1. The van der Waals surface area contributed by atoms with Crippen molar-refractivity contribution in [2.24, 2.45) is 0 Å². The second kappa shape index (κ2) is 8.72. The highest BCUT2D eigenvalue weighted by Gasteiger charge is 2.53. The molecule has 1 aromatic carbocycles. The van der Waals surface area contributed by atoms with Crippen molar-refractivity contribution in [2.75, 3.05) is 0 Å². The molecule has 2 bridgehead atoms. The van der Waals surface area contributed by atoms with Gasteiger partial charge in [0, 0.05) is 18.9 Å². The Bertz CT molecular complexity index is 662. The predicted molar refractivity (Wildman–Crippen MR) is 99.0 cm³/mol. The van der Waals surface area contributed by atoms with Crippen LogP contribution in [0.4, 0.5) is 13.2 Å². The summed E-state index contributed by atoms with van der Waals surface area (Å²) in [6, 6.07) is 7.89. The summed E-state index contributed by atoms with van der Waals surface area (Å²) in [7, 11) is 0. The number of aryl methyl sites for hydroxylation is 1. The van der Waals surface area contributed by atoms with Crippen LogP contribution in [0.2, 0.25) is 0 Å². The summed E-state index contributed by atoms with van der Waals surface area (Å²) < 4.78 is 48.7. The Kier molecular flexibility index (Phi) is 6.53. The van der Waals surface area contributed by atoms with Gasteiger partial charge in [-0.1, -0.05) is 38.3 Å². The summed E-state index contributed by atoms with van der Waals surface area (Å²) >= 11 is 0. The summed E-state index contributed by atoms with van der Waals surface area (Å²) in [5, 5.41) is 3.04. The molecule has 0 radical (unpaired) electrons. The first-order valence-corrected chi connectivity index (χ1v) is 10.1. The van der Waals surface area contributed by atoms with Gasteiger partial charge in [-0.25, -0.2) is 4.79 Å². The summed E-state index contributed by atoms with van der Waals surface area (Å²) in [6.45, 7) is 2.19. The minimum absolute atomic E-state index is 0.00220. The molecule has 1 aromatic rings. The molecular formula is C21H28F3NO3. The van der Waals surface area contributed by atoms with E-state index in [1.165, 1.54) is 24.8 Å². The van der Waals surface area contributed by atoms with E-state index in [1.54, 1.807) is 0 Å². The Morgan fingerprint density at radius 1 is 1.21 bits per heavy atom. The van der Waals surface area contributed by atoms with E-state index < -0.39 is 17.9 Å². The number of hydrogen-bond donors (Lipinski definition) is 1. The van der Waals surface area contributed by atoms with Gasteiger partial charge in [0.05, 0.1) is 0 Å². The van der Waals surface area contributed by atoms with Gasteiger partial charge in [-0.05, 0) is 43.4 Å². The number of piperidine rings is 1. The third-order valence-electron chi connectivity index (χ3n) is 5.53. The molecular weight excluding hydrogens is 371 g/mol. The van der Waals surface area contributed by atoms with Gasteiger partial charge in [0.25, 0.3) is 0 Å². The Balaban J connectivity index is 1.55. The van der Waals surface area contributed by atoms with Crippen LogP contribution in [-0.2, 0) is 16.0 Å². The third-order valence-corrected chi connectivity index (χ3v) is 5.53. The maximum atomic E-state index is 12.6. The molecule has 0 amide bonds. The zero-order valence-corrected chi connectivity index (χ0v) is 16.2. The largest absolute Gasteiger partial charge is 0.490 e. The standard InChI is InChI=1S/C21H28F3NO3/c1-2-3-4-5-6-15-7-9-17(10-8-15)27-18-13-16-11-12-20(14-18,25-16)28-19(26)21(22,23)24/h7-10,16,18,25H,2-6,11-14H2,1H3/t16-,18+,20+/m0/s1. The number of ether oxygens (including phenoxy) is 2. The van der Waals surface area contributed by atoms with Crippen molar-refractivity contribution in [1.29, 1.82) is 0 Å². The Labute approximate surface area is 163 Å². The lowest BCUT2D eigenvalue weighted by Gasteiger charge is -2.38. The number of alkyl halides is 3. The Hall–Kier alpha value is -1.76. The molecule has 2 aliphatic rings. The predicted octanol–water partition coefficient (Wildman–Crippen LogP) is 4.90. The monoisotopic (exact) mass is 399 g/mol. The van der Waals surface area contributed by atoms with Gasteiger partial charge in [-0.15, -0.1) is 0 Å². The van der Waals surface area contributed by atoms with Crippen molar-refractivity contribution in [3.8, 4) is 5.75 Å². The molecule has 0 unspecified atom stereocenters. The van der Waals surface area contributed by atoms with E-state index in [2.05, 4.69) is 12.2 Å². The van der Waals surface area contributed by atoms with Crippen molar-refractivity contribution in [3.05, 3.63) is 29.8 Å². The molecule has 1 N–H and O–H groups in total. The highest BCUT2D eigenvalue weighted by molar-refractivity contribution is 5.76. The molecule has 0 saturated carbocycles. The smallest absolute Gasteiger partial charge is 0.490 e. The van der Waals surface area contributed by atoms with Gasteiger partial charge in [0.1, 0.15) is 11.9 Å². The van der Waals surface area contributed by atoms with Crippen LogP contribution in [0, 0.1) is 0 Å². The number of rotatable bonds is 8. The molecule has 0 aliphatic carbocycles. The van der Waals surface area contributed by atoms with E-state index in [1.807, 2.05) is 24.3 Å². The highest BCUT2D eigenvalue weighted by Crippen LogP contribution is 2.39. The lowest BCUT2D eigenvalue weighted by atomic mass is 9.99. The molecule has 3 rings (SSSR count). The first-order valence-electron chi connectivity index (χ1n) is 10.1. The fraction of sp³-hybridized carbons (Fsp3) is 0.667. The number of nitrogens with one attached hydrogen (secondary N) is 1. The van der Waals surface area contributed by atoms with Crippen molar-refractivity contribution in [2.45, 2.75) is 88.8 Å². The molecule has 2 heterocycles. The van der Waals surface area contributed by atoms with Gasteiger partial charge in [0.15, 0.2) is 5.72 Å². The van der Waals surface area contributed by atoms with E-state index in [4.69, 9.17) is 9.47 Å². The number of fused-ring (bicyclic) bond motifs is 2. The number of carbonyl (C=O) groups excluding carboxylic acids is 1. The lowest BCUT2D eigenvalue weighted by Crippen LogP contribution is -2.56. The zero-order chi connectivity index (χ0) is 20.2. The minimum Gasteiger partial charge on any atom is -0.490 e. The molecule has 156 valence electrons. The maximum Gasteiger partial charge on any atom is 0.490 e. The van der Waals surface area contributed by atoms with Crippen LogP contribution in [0.5, 0.6) is 5.75 Å². The number of unbranched alkanes of at least 4 members (excludes halogenated alkanes) is 3. The summed E-state index contributed by atoms with van der Waals surface area (Å²) in [6.07, 6.45) is 2.54. The normalized spacial score (nSPS) is 26.9. The topological polar surface area (TPSA) is 47.6 Å². The van der Waals surface area contributed by atoms with E-state index in [-0.39, 0.29) is 18.6 Å². The number of benzene rings is 1. The van der Waals surface area contributed by atoms with Gasteiger partial charge >= 0.3 is 12.1 Å². The quantitative estimate of drug-likeness (QED) is 0.499. The molecule has 2 saturated heterocycles. The summed E-state index contributed by atoms with van der Waals surface area (Å²) in [5.41, 5.74) is -0.0243. The number of hydrogen-bond acceptors (Lipinski definition) is 4. The van der Waals surface area contributed by atoms with Crippen LogP contribution >= 0.6 is 0 Å². The second-order valence-corrected chi connectivity index (χ2v) is 7.90. The molecule has 3 atom stereocenters. The van der Waals surface area contributed by atoms with Gasteiger partial charge in [-0.2, -0.15) is 13.2 Å². The number of esters is 1.